The van der Waals surface area contributed by atoms with E-state index in [0.29, 0.717) is 17.9 Å². The quantitative estimate of drug-likeness (QED) is 0.153. The summed E-state index contributed by atoms with van der Waals surface area (Å²) in [5, 5.41) is 5.89. The van der Waals surface area contributed by atoms with Crippen molar-refractivity contribution in [3.63, 3.8) is 0 Å². The molecule has 0 heterocycles. The molecule has 4 atom stereocenters. The molecule has 0 saturated carbocycles. The Balaban J connectivity index is 2.23. The summed E-state index contributed by atoms with van der Waals surface area (Å²) in [5.41, 5.74) is 2.37. The van der Waals surface area contributed by atoms with E-state index in [1.807, 2.05) is 99.6 Å². The van der Waals surface area contributed by atoms with Gasteiger partial charge in [0.25, 0.3) is 0 Å². The Kier molecular flexibility index (Phi) is 15.2. The van der Waals surface area contributed by atoms with Crippen LogP contribution in [0.1, 0.15) is 109 Å². The fourth-order valence-electron chi connectivity index (χ4n) is 6.31. The number of hydrogen-bond acceptors (Lipinski definition) is 6. The molecule has 288 valence electrons. The monoisotopic (exact) mass is 727 g/mol. The molecule has 3 aromatic carbocycles. The van der Waals surface area contributed by atoms with Gasteiger partial charge in [0, 0.05) is 18.9 Å². The number of alkyl carbamates (subject to hydrolysis) is 1. The molecular weight excluding hydrogens is 666 g/mol. The van der Waals surface area contributed by atoms with Gasteiger partial charge < -0.3 is 25.0 Å². The van der Waals surface area contributed by atoms with E-state index >= 15 is 9.59 Å². The Morgan fingerprint density at radius 2 is 1.13 bits per heavy atom. The first-order chi connectivity index (χ1) is 24.8. The molecule has 53 heavy (non-hydrogen) atoms. The van der Waals surface area contributed by atoms with Gasteiger partial charge in [0.05, 0.1) is 0 Å². The molecule has 0 aliphatic carbocycles. The number of ether oxygens (including phenoxy) is 2. The van der Waals surface area contributed by atoms with E-state index < -0.39 is 59.2 Å². The fourth-order valence-corrected chi connectivity index (χ4v) is 6.31. The van der Waals surface area contributed by atoms with Gasteiger partial charge in [-0.3, -0.25) is 9.59 Å². The maximum absolute atomic E-state index is 15.3. The van der Waals surface area contributed by atoms with Gasteiger partial charge in [-0.2, -0.15) is 0 Å². The van der Waals surface area contributed by atoms with Crippen LogP contribution < -0.4 is 10.6 Å². The molecule has 0 radical (unpaired) electrons. The van der Waals surface area contributed by atoms with Crippen LogP contribution in [0, 0.1) is 19.8 Å². The first-order valence-corrected chi connectivity index (χ1v) is 18.7. The van der Waals surface area contributed by atoms with Crippen molar-refractivity contribution in [2.45, 2.75) is 137 Å². The van der Waals surface area contributed by atoms with Crippen molar-refractivity contribution in [1.29, 1.82) is 0 Å². The van der Waals surface area contributed by atoms with Crippen LogP contribution in [-0.4, -0.2) is 58.1 Å². The van der Waals surface area contributed by atoms with Crippen LogP contribution in [0.15, 0.2) is 78.9 Å². The third kappa shape index (κ3) is 13.7. The molecular formula is C44H61N3O6. The van der Waals surface area contributed by atoms with E-state index in [1.54, 1.807) is 46.4 Å². The van der Waals surface area contributed by atoms with Crippen LogP contribution in [0.2, 0.25) is 0 Å². The molecule has 4 unspecified atom stereocenters. The van der Waals surface area contributed by atoms with Gasteiger partial charge in [-0.15, -0.1) is 0 Å². The van der Waals surface area contributed by atoms with E-state index in [4.69, 9.17) is 9.47 Å². The normalized spacial score (nSPS) is 14.0. The number of esters is 1. The van der Waals surface area contributed by atoms with Gasteiger partial charge in [0.1, 0.15) is 29.3 Å². The van der Waals surface area contributed by atoms with Crippen LogP contribution in [0.4, 0.5) is 4.79 Å². The predicted octanol–water partition coefficient (Wildman–Crippen LogP) is 8.20. The van der Waals surface area contributed by atoms with Crippen LogP contribution in [0.25, 0.3) is 0 Å². The zero-order valence-electron chi connectivity index (χ0n) is 33.6. The first kappa shape index (κ1) is 42.8. The summed E-state index contributed by atoms with van der Waals surface area (Å²) in [4.78, 5) is 59.1. The summed E-state index contributed by atoms with van der Waals surface area (Å²) in [6, 6.07) is 20.9. The van der Waals surface area contributed by atoms with E-state index in [0.717, 1.165) is 28.7 Å². The van der Waals surface area contributed by atoms with Crippen molar-refractivity contribution in [3.8, 4) is 0 Å². The number of rotatable bonds is 15. The molecule has 0 fully saturated rings. The smallest absolute Gasteiger partial charge is 0.408 e. The number of carbonyl (C=O) groups is 4. The lowest BCUT2D eigenvalue weighted by Gasteiger charge is -2.40. The summed E-state index contributed by atoms with van der Waals surface area (Å²) in [7, 11) is 0. The summed E-state index contributed by atoms with van der Waals surface area (Å²) < 4.78 is 11.4. The highest BCUT2D eigenvalue weighted by atomic mass is 16.6. The lowest BCUT2D eigenvalue weighted by Crippen LogP contribution is -2.57. The zero-order valence-corrected chi connectivity index (χ0v) is 33.6. The third-order valence-electron chi connectivity index (χ3n) is 8.80. The van der Waals surface area contributed by atoms with Gasteiger partial charge in [-0.25, -0.2) is 9.59 Å². The van der Waals surface area contributed by atoms with Crippen LogP contribution in [0.5, 0.6) is 0 Å². The molecule has 9 nitrogen and oxygen atoms in total. The molecule has 0 saturated heterocycles. The number of carbonyl (C=O) groups excluding carboxylic acids is 4. The fraction of sp³-hybridized carbons (Fsp3) is 0.500. The average molecular weight is 728 g/mol. The molecule has 3 aromatic rings. The predicted molar refractivity (Wildman–Crippen MR) is 210 cm³/mol. The lowest BCUT2D eigenvalue weighted by molar-refractivity contribution is -0.159. The molecule has 0 aliphatic rings. The van der Waals surface area contributed by atoms with Crippen molar-refractivity contribution < 1.29 is 28.7 Å². The van der Waals surface area contributed by atoms with Crippen LogP contribution in [0.3, 0.4) is 0 Å². The van der Waals surface area contributed by atoms with Gasteiger partial charge in [0.15, 0.2) is 0 Å². The number of aryl methyl sites for hydroxylation is 2. The second kappa shape index (κ2) is 18.9. The van der Waals surface area contributed by atoms with E-state index in [1.165, 1.54) is 0 Å². The molecule has 2 N–H and O–H groups in total. The lowest BCUT2D eigenvalue weighted by atomic mass is 9.90. The van der Waals surface area contributed by atoms with Crippen molar-refractivity contribution >= 4 is 23.9 Å². The van der Waals surface area contributed by atoms with Crippen molar-refractivity contribution in [2.75, 3.05) is 0 Å². The highest BCUT2D eigenvalue weighted by Crippen LogP contribution is 2.32. The zero-order chi connectivity index (χ0) is 39.5. The number of benzene rings is 3. The Morgan fingerprint density at radius 1 is 0.642 bits per heavy atom. The summed E-state index contributed by atoms with van der Waals surface area (Å²) in [6.45, 7) is 20.7. The maximum atomic E-state index is 15.3. The Hall–Kier alpha value is -4.66. The minimum absolute atomic E-state index is 0.169. The van der Waals surface area contributed by atoms with Crippen molar-refractivity contribution in [3.05, 3.63) is 107 Å². The highest BCUT2D eigenvalue weighted by molar-refractivity contribution is 5.94. The second-order valence-electron chi connectivity index (χ2n) is 16.4. The Bertz CT molecular complexity index is 1640. The Morgan fingerprint density at radius 3 is 1.60 bits per heavy atom. The number of amides is 3. The molecule has 0 aromatic heterocycles. The molecule has 0 bridgehead atoms. The van der Waals surface area contributed by atoms with Crippen molar-refractivity contribution in [1.82, 2.24) is 15.5 Å². The summed E-state index contributed by atoms with van der Waals surface area (Å²) >= 11 is 0. The number of nitrogens with one attached hydrogen (secondary N) is 2. The third-order valence-corrected chi connectivity index (χ3v) is 8.80. The molecule has 3 rings (SSSR count). The van der Waals surface area contributed by atoms with E-state index in [2.05, 4.69) is 24.5 Å². The first-order valence-electron chi connectivity index (χ1n) is 18.7. The highest BCUT2D eigenvalue weighted by Gasteiger charge is 2.41. The number of nitrogens with zero attached hydrogens (tertiary/aromatic N) is 1. The van der Waals surface area contributed by atoms with Gasteiger partial charge >= 0.3 is 12.1 Å². The topological polar surface area (TPSA) is 114 Å². The van der Waals surface area contributed by atoms with E-state index in [-0.39, 0.29) is 12.8 Å². The van der Waals surface area contributed by atoms with Gasteiger partial charge in [-0.05, 0) is 109 Å². The van der Waals surface area contributed by atoms with Crippen LogP contribution >= 0.6 is 0 Å². The van der Waals surface area contributed by atoms with E-state index in [9.17, 15) is 9.59 Å². The molecule has 0 spiro atoms. The standard InChI is InChI=1S/C44H61N3O6/c1-29(2)25-26-32(5)47(40(49)35(27-33-21-14-12-15-22-33)46-42(51)53-44(9,10)11)38(37-30(3)19-18-20-31(37)4)39(48)45-36(41(50)52-43(6,7)8)28-34-23-16-13-17-24-34/h12-24,29,32,35-36,38H,25-28H2,1-11H3,(H,45,48)(H,46,51). The molecule has 3 amide bonds. The molecule has 0 aliphatic heterocycles. The molecule has 9 heteroatoms. The van der Waals surface area contributed by atoms with Crippen LogP contribution in [-0.2, 0) is 36.7 Å². The Labute approximate surface area is 317 Å². The summed E-state index contributed by atoms with van der Waals surface area (Å²) in [6.07, 6.45) is 1.02. The van der Waals surface area contributed by atoms with Gasteiger partial charge in [0.2, 0.25) is 11.8 Å². The number of hydrogen-bond donors (Lipinski definition) is 2. The largest absolute Gasteiger partial charge is 0.458 e. The maximum Gasteiger partial charge on any atom is 0.408 e. The average Bonchev–Trinajstić information content (AvgIpc) is 3.05. The minimum Gasteiger partial charge on any atom is -0.458 e. The van der Waals surface area contributed by atoms with Gasteiger partial charge in [-0.1, -0.05) is 92.7 Å². The second-order valence-corrected chi connectivity index (χ2v) is 16.4. The SMILES string of the molecule is Cc1cccc(C)c1C(C(=O)NC(Cc1ccccc1)C(=O)OC(C)(C)C)N(C(=O)C(Cc1ccccc1)NC(=O)OC(C)(C)C)C(C)CCC(C)C. The minimum atomic E-state index is -1.15. The van der Waals surface area contributed by atoms with Crippen molar-refractivity contribution in [2.24, 2.45) is 5.92 Å². The summed E-state index contributed by atoms with van der Waals surface area (Å²) in [5.74, 6) is -1.19.